The van der Waals surface area contributed by atoms with Crippen LogP contribution >= 0.6 is 23.1 Å². The van der Waals surface area contributed by atoms with Crippen LogP contribution in [0.25, 0.3) is 0 Å². The highest BCUT2D eigenvalue weighted by Gasteiger charge is 2.27. The van der Waals surface area contributed by atoms with Crippen molar-refractivity contribution in [2.45, 2.75) is 57.3 Å². The topological polar surface area (TPSA) is 115 Å². The lowest BCUT2D eigenvalue weighted by Gasteiger charge is -2.12. The van der Waals surface area contributed by atoms with Crippen molar-refractivity contribution >= 4 is 45.9 Å². The lowest BCUT2D eigenvalue weighted by Crippen LogP contribution is -2.25. The largest absolute Gasteiger partial charge is 0.462 e. The maximum Gasteiger partial charge on any atom is 0.341 e. The number of carbonyl (C=O) groups is 3. The number of amides is 2. The molecule has 9 nitrogen and oxygen atoms in total. The number of carbonyl (C=O) groups excluding carboxylic acids is 3. The molecule has 2 heterocycles. The van der Waals surface area contributed by atoms with Crippen LogP contribution in [-0.2, 0) is 41.9 Å². The Morgan fingerprint density at radius 3 is 2.67 bits per heavy atom. The number of rotatable bonds is 12. The number of nitrogens with zero attached hydrogens (tertiary/aromatic N) is 3. The molecule has 0 radical (unpaired) electrons. The average Bonchev–Trinajstić information content (AvgIpc) is 3.58. The molecule has 0 spiro atoms. The van der Waals surface area contributed by atoms with Crippen LogP contribution in [0.15, 0.2) is 59.8 Å². The van der Waals surface area contributed by atoms with Crippen LogP contribution in [0.1, 0.15) is 62.3 Å². The number of anilines is 1. The molecule has 2 amide bonds. The Morgan fingerprint density at radius 2 is 1.88 bits per heavy atom. The van der Waals surface area contributed by atoms with Gasteiger partial charge in [-0.05, 0) is 68.4 Å². The van der Waals surface area contributed by atoms with Gasteiger partial charge in [-0.15, -0.1) is 21.5 Å². The second-order valence-corrected chi connectivity index (χ2v) is 12.0. The predicted molar refractivity (Wildman–Crippen MR) is 164 cm³/mol. The fourth-order valence-corrected chi connectivity index (χ4v) is 7.00. The first kappa shape index (κ1) is 30.4. The van der Waals surface area contributed by atoms with Crippen molar-refractivity contribution in [3.8, 4) is 0 Å². The molecule has 0 saturated heterocycles. The van der Waals surface area contributed by atoms with E-state index in [4.69, 9.17) is 4.74 Å². The molecule has 2 N–H and O–H groups in total. The molecular formula is C31H32FN5O4S2. The Kier molecular flexibility index (Phi) is 10.2. The number of aromatic nitrogens is 3. The highest BCUT2D eigenvalue weighted by molar-refractivity contribution is 7.99. The predicted octanol–water partition coefficient (Wildman–Crippen LogP) is 5.44. The van der Waals surface area contributed by atoms with Crippen LogP contribution in [0.2, 0.25) is 0 Å². The van der Waals surface area contributed by atoms with Crippen LogP contribution in [0, 0.1) is 5.82 Å². The van der Waals surface area contributed by atoms with Crippen LogP contribution in [0.4, 0.5) is 9.39 Å². The number of thiophene rings is 1. The summed E-state index contributed by atoms with van der Waals surface area (Å²) >= 11 is 2.67. The summed E-state index contributed by atoms with van der Waals surface area (Å²) in [7, 11) is 0. The van der Waals surface area contributed by atoms with Crippen molar-refractivity contribution in [1.82, 2.24) is 20.1 Å². The molecule has 2 aromatic heterocycles. The van der Waals surface area contributed by atoms with Gasteiger partial charge in [0.2, 0.25) is 5.91 Å². The third kappa shape index (κ3) is 7.68. The van der Waals surface area contributed by atoms with E-state index in [0.29, 0.717) is 34.5 Å². The SMILES string of the molecule is CCOC(=O)c1c(NC(=O)CSc2nnc(CNC(=O)c3cccc(F)c3)n2CCc2ccccc2)sc2c1CCCC2. The molecular weight excluding hydrogens is 590 g/mol. The number of hydrogen-bond acceptors (Lipinski definition) is 8. The van der Waals surface area contributed by atoms with Crippen molar-refractivity contribution in [2.24, 2.45) is 0 Å². The smallest absolute Gasteiger partial charge is 0.341 e. The zero-order valence-electron chi connectivity index (χ0n) is 23.7. The maximum absolute atomic E-state index is 13.6. The van der Waals surface area contributed by atoms with Gasteiger partial charge >= 0.3 is 5.97 Å². The lowest BCUT2D eigenvalue weighted by atomic mass is 9.95. The molecule has 1 aliphatic carbocycles. The minimum absolute atomic E-state index is 0.0456. The zero-order chi connectivity index (χ0) is 30.2. The summed E-state index contributed by atoms with van der Waals surface area (Å²) in [5.74, 6) is -1.04. The van der Waals surface area contributed by atoms with Gasteiger partial charge in [0.25, 0.3) is 5.91 Å². The molecule has 0 atom stereocenters. The summed E-state index contributed by atoms with van der Waals surface area (Å²) in [4.78, 5) is 39.6. The van der Waals surface area contributed by atoms with E-state index in [1.807, 2.05) is 34.9 Å². The number of nitrogens with one attached hydrogen (secondary N) is 2. The first-order valence-corrected chi connectivity index (χ1v) is 16.0. The third-order valence-corrected chi connectivity index (χ3v) is 9.16. The highest BCUT2D eigenvalue weighted by atomic mass is 32.2. The summed E-state index contributed by atoms with van der Waals surface area (Å²) < 4.78 is 20.8. The number of halogens is 1. The second kappa shape index (κ2) is 14.4. The van der Waals surface area contributed by atoms with Crippen LogP contribution in [-0.4, -0.2) is 44.9 Å². The quantitative estimate of drug-likeness (QED) is 0.160. The van der Waals surface area contributed by atoms with Crippen molar-refractivity contribution in [1.29, 1.82) is 0 Å². The van der Waals surface area contributed by atoms with Gasteiger partial charge in [0.15, 0.2) is 11.0 Å². The van der Waals surface area contributed by atoms with Crippen molar-refractivity contribution < 1.29 is 23.5 Å². The minimum Gasteiger partial charge on any atom is -0.462 e. The molecule has 0 aliphatic heterocycles. The molecule has 0 fully saturated rings. The Balaban J connectivity index is 1.29. The number of aryl methyl sites for hydroxylation is 2. The Bertz CT molecular complexity index is 1600. The lowest BCUT2D eigenvalue weighted by molar-refractivity contribution is -0.113. The minimum atomic E-state index is -0.493. The number of hydrogen-bond donors (Lipinski definition) is 2. The molecule has 43 heavy (non-hydrogen) atoms. The van der Waals surface area contributed by atoms with Crippen molar-refractivity contribution in [3.05, 3.63) is 93.4 Å². The van der Waals surface area contributed by atoms with Crippen LogP contribution in [0.5, 0.6) is 0 Å². The van der Waals surface area contributed by atoms with E-state index in [1.165, 1.54) is 47.4 Å². The van der Waals surface area contributed by atoms with Gasteiger partial charge in [-0.1, -0.05) is 48.2 Å². The van der Waals surface area contributed by atoms with Crippen molar-refractivity contribution in [2.75, 3.05) is 17.7 Å². The summed E-state index contributed by atoms with van der Waals surface area (Å²) in [6.45, 7) is 2.63. The molecule has 224 valence electrons. The second-order valence-electron chi connectivity index (χ2n) is 9.95. The number of thioether (sulfide) groups is 1. The van der Waals surface area contributed by atoms with E-state index < -0.39 is 17.7 Å². The summed E-state index contributed by atoms with van der Waals surface area (Å²) in [6.07, 6.45) is 4.44. The van der Waals surface area contributed by atoms with Gasteiger partial charge in [0, 0.05) is 17.0 Å². The van der Waals surface area contributed by atoms with E-state index in [1.54, 1.807) is 6.92 Å². The fraction of sp³-hybridized carbons (Fsp3) is 0.323. The van der Waals surface area contributed by atoms with Crippen molar-refractivity contribution in [3.63, 3.8) is 0 Å². The standard InChI is InChI=1S/C31H32FN5O4S2/c1-2-41-30(40)27-23-13-6-7-14-24(23)43-29(27)34-26(38)19-42-31-36-35-25(37(31)16-15-20-9-4-3-5-10-20)18-33-28(39)21-11-8-12-22(32)17-21/h3-5,8-12,17H,2,6-7,13-16,18-19H2,1H3,(H,33,39)(H,34,38). The van der Waals surface area contributed by atoms with E-state index in [9.17, 15) is 18.8 Å². The van der Waals surface area contributed by atoms with Gasteiger partial charge in [0.1, 0.15) is 10.8 Å². The monoisotopic (exact) mass is 621 g/mol. The summed E-state index contributed by atoms with van der Waals surface area (Å²) in [5.41, 5.74) is 2.79. The van der Waals surface area contributed by atoms with E-state index >= 15 is 0 Å². The van der Waals surface area contributed by atoms with E-state index in [-0.39, 0.29) is 30.4 Å². The zero-order valence-corrected chi connectivity index (χ0v) is 25.4. The molecule has 0 saturated carbocycles. The van der Waals surface area contributed by atoms with Crippen LogP contribution in [0.3, 0.4) is 0 Å². The molecule has 1 aliphatic rings. The Labute approximate surface area is 257 Å². The van der Waals surface area contributed by atoms with Gasteiger partial charge in [-0.25, -0.2) is 9.18 Å². The molecule has 12 heteroatoms. The summed E-state index contributed by atoms with van der Waals surface area (Å²) in [6, 6.07) is 15.4. The normalized spacial score (nSPS) is 12.4. The van der Waals surface area contributed by atoms with E-state index in [2.05, 4.69) is 20.8 Å². The molecule has 4 aromatic rings. The van der Waals surface area contributed by atoms with Gasteiger partial charge in [0.05, 0.1) is 24.5 Å². The van der Waals surface area contributed by atoms with Gasteiger partial charge < -0.3 is 19.9 Å². The number of esters is 1. The van der Waals surface area contributed by atoms with E-state index in [0.717, 1.165) is 41.7 Å². The summed E-state index contributed by atoms with van der Waals surface area (Å²) in [5, 5.41) is 15.4. The molecule has 0 bridgehead atoms. The maximum atomic E-state index is 13.6. The Hall–Kier alpha value is -4.03. The van der Waals surface area contributed by atoms with Gasteiger partial charge in [-0.2, -0.15) is 0 Å². The molecule has 2 aromatic carbocycles. The first-order chi connectivity index (χ1) is 20.9. The molecule has 5 rings (SSSR count). The van der Waals surface area contributed by atoms with Crippen LogP contribution < -0.4 is 10.6 Å². The van der Waals surface area contributed by atoms with Gasteiger partial charge in [-0.3, -0.25) is 9.59 Å². The number of ether oxygens (including phenoxy) is 1. The number of fused-ring (bicyclic) bond motifs is 1. The first-order valence-electron chi connectivity index (χ1n) is 14.2. The average molecular weight is 622 g/mol. The highest BCUT2D eigenvalue weighted by Crippen LogP contribution is 2.38. The molecule has 0 unspecified atom stereocenters. The number of benzene rings is 2. The third-order valence-electron chi connectivity index (χ3n) is 6.99. The Morgan fingerprint density at radius 1 is 1.07 bits per heavy atom. The fourth-order valence-electron chi connectivity index (χ4n) is 4.92.